The quantitative estimate of drug-likeness (QED) is 0.824. The molecule has 0 atom stereocenters. The molecule has 0 aromatic heterocycles. The lowest BCUT2D eigenvalue weighted by atomic mass is 9.82. The highest BCUT2D eigenvalue weighted by Crippen LogP contribution is 2.38. The lowest BCUT2D eigenvalue weighted by Crippen LogP contribution is -2.31. The molecule has 0 bridgehead atoms. The van der Waals surface area contributed by atoms with Gasteiger partial charge in [-0.15, -0.1) is 0 Å². The summed E-state index contributed by atoms with van der Waals surface area (Å²) in [5.41, 5.74) is 0.394. The number of carbonyl (C=O) groups is 1. The van der Waals surface area contributed by atoms with Gasteiger partial charge < -0.3 is 15.1 Å². The van der Waals surface area contributed by atoms with Gasteiger partial charge in [0.2, 0.25) is 0 Å². The molecule has 0 aliphatic carbocycles. The lowest BCUT2D eigenvalue weighted by Gasteiger charge is -2.26. The van der Waals surface area contributed by atoms with Gasteiger partial charge in [-0.05, 0) is 36.8 Å². The van der Waals surface area contributed by atoms with Crippen LogP contribution < -0.4 is 0 Å². The van der Waals surface area contributed by atoms with E-state index in [2.05, 4.69) is 13.8 Å². The van der Waals surface area contributed by atoms with E-state index in [1.807, 2.05) is 0 Å². The van der Waals surface area contributed by atoms with Crippen LogP contribution in [0.3, 0.4) is 0 Å². The van der Waals surface area contributed by atoms with E-state index in [1.54, 1.807) is 17.0 Å². The molecule has 0 saturated carbocycles. The Morgan fingerprint density at radius 3 is 2.58 bits per heavy atom. The fourth-order valence-corrected chi connectivity index (χ4v) is 2.81. The van der Waals surface area contributed by atoms with Crippen molar-refractivity contribution in [1.82, 2.24) is 4.90 Å². The van der Waals surface area contributed by atoms with Gasteiger partial charge in [-0.25, -0.2) is 0 Å². The number of hydrogen-bond donors (Lipinski definition) is 2. The third kappa shape index (κ3) is 2.39. The fraction of sp³-hybridized carbons (Fsp3) is 0.533. The molecule has 1 aliphatic rings. The van der Waals surface area contributed by atoms with Crippen molar-refractivity contribution < 1.29 is 15.0 Å². The summed E-state index contributed by atoms with van der Waals surface area (Å²) in [6.45, 7) is 5.76. The molecular formula is C15H21NO3. The standard InChI is InChI=1S/C15H21NO3/c1-3-15(4-2)8-9-16(10-15)14(19)11-6-5-7-12(17)13(11)18/h5-7,17-18H,3-4,8-10H2,1-2H3. The van der Waals surface area contributed by atoms with Gasteiger partial charge in [0.25, 0.3) is 5.91 Å². The summed E-state index contributed by atoms with van der Waals surface area (Å²) in [6, 6.07) is 4.50. The predicted molar refractivity (Wildman–Crippen MR) is 73.3 cm³/mol. The Morgan fingerprint density at radius 2 is 2.00 bits per heavy atom. The Balaban J connectivity index is 2.20. The maximum Gasteiger partial charge on any atom is 0.257 e. The number of para-hydroxylation sites is 1. The number of rotatable bonds is 3. The minimum Gasteiger partial charge on any atom is -0.504 e. The van der Waals surface area contributed by atoms with Crippen molar-refractivity contribution in [3.8, 4) is 11.5 Å². The second-order valence-corrected chi connectivity index (χ2v) is 5.36. The van der Waals surface area contributed by atoms with Crippen molar-refractivity contribution in [3.05, 3.63) is 23.8 Å². The molecule has 0 spiro atoms. The lowest BCUT2D eigenvalue weighted by molar-refractivity contribution is 0.0766. The highest BCUT2D eigenvalue weighted by molar-refractivity contribution is 5.97. The normalized spacial score (nSPS) is 17.7. The number of aromatic hydroxyl groups is 2. The molecule has 2 N–H and O–H groups in total. The second-order valence-electron chi connectivity index (χ2n) is 5.36. The summed E-state index contributed by atoms with van der Waals surface area (Å²) in [7, 11) is 0. The van der Waals surface area contributed by atoms with Gasteiger partial charge in [0.05, 0.1) is 5.56 Å². The SMILES string of the molecule is CCC1(CC)CCN(C(=O)c2cccc(O)c2O)C1. The molecule has 2 rings (SSSR count). The van der Waals surface area contributed by atoms with E-state index >= 15 is 0 Å². The summed E-state index contributed by atoms with van der Waals surface area (Å²) < 4.78 is 0. The van der Waals surface area contributed by atoms with Gasteiger partial charge in [0, 0.05) is 13.1 Å². The van der Waals surface area contributed by atoms with Crippen LogP contribution in [0.15, 0.2) is 18.2 Å². The monoisotopic (exact) mass is 263 g/mol. The summed E-state index contributed by atoms with van der Waals surface area (Å²) in [5.74, 6) is -0.766. The number of carbonyl (C=O) groups excluding carboxylic acids is 1. The number of phenols is 2. The highest BCUT2D eigenvalue weighted by atomic mass is 16.3. The summed E-state index contributed by atoms with van der Waals surface area (Å²) in [4.78, 5) is 14.2. The molecular weight excluding hydrogens is 242 g/mol. The smallest absolute Gasteiger partial charge is 0.257 e. The van der Waals surface area contributed by atoms with E-state index < -0.39 is 0 Å². The Labute approximate surface area is 113 Å². The third-order valence-corrected chi connectivity index (χ3v) is 4.47. The molecule has 4 heteroatoms. The van der Waals surface area contributed by atoms with Crippen LogP contribution in [0, 0.1) is 5.41 Å². The molecule has 1 heterocycles. The minimum atomic E-state index is -0.321. The molecule has 4 nitrogen and oxygen atoms in total. The molecule has 1 fully saturated rings. The molecule has 1 aromatic carbocycles. The second kappa shape index (κ2) is 5.11. The van der Waals surface area contributed by atoms with Crippen molar-refractivity contribution in [2.75, 3.05) is 13.1 Å². The van der Waals surface area contributed by atoms with E-state index in [9.17, 15) is 15.0 Å². The number of nitrogens with zero attached hydrogens (tertiary/aromatic N) is 1. The fourth-order valence-electron chi connectivity index (χ4n) is 2.81. The Hall–Kier alpha value is -1.71. The molecule has 0 unspecified atom stereocenters. The van der Waals surface area contributed by atoms with Crippen molar-refractivity contribution >= 4 is 5.91 Å². The van der Waals surface area contributed by atoms with E-state index in [4.69, 9.17) is 0 Å². The van der Waals surface area contributed by atoms with Crippen molar-refractivity contribution in [2.24, 2.45) is 5.41 Å². The Bertz CT molecular complexity index is 480. The largest absolute Gasteiger partial charge is 0.504 e. The molecule has 104 valence electrons. The van der Waals surface area contributed by atoms with Crippen LogP contribution in [0.2, 0.25) is 0 Å². The zero-order chi connectivity index (χ0) is 14.0. The average molecular weight is 263 g/mol. The van der Waals surface area contributed by atoms with E-state index in [1.165, 1.54) is 6.07 Å². The zero-order valence-electron chi connectivity index (χ0n) is 11.5. The van der Waals surface area contributed by atoms with Crippen LogP contribution in [-0.4, -0.2) is 34.1 Å². The van der Waals surface area contributed by atoms with Crippen LogP contribution in [0.25, 0.3) is 0 Å². The van der Waals surface area contributed by atoms with Crippen LogP contribution in [0.5, 0.6) is 11.5 Å². The zero-order valence-corrected chi connectivity index (χ0v) is 11.5. The first kappa shape index (κ1) is 13.7. The van der Waals surface area contributed by atoms with Crippen LogP contribution >= 0.6 is 0 Å². The first-order valence-corrected chi connectivity index (χ1v) is 6.83. The molecule has 0 radical (unpaired) electrons. The number of amides is 1. The number of phenolic OH excluding ortho intramolecular Hbond substituents is 2. The van der Waals surface area contributed by atoms with Gasteiger partial charge in [-0.1, -0.05) is 19.9 Å². The van der Waals surface area contributed by atoms with E-state index in [0.717, 1.165) is 32.4 Å². The van der Waals surface area contributed by atoms with E-state index in [0.29, 0.717) is 0 Å². The summed E-state index contributed by atoms with van der Waals surface area (Å²) >= 11 is 0. The van der Waals surface area contributed by atoms with Gasteiger partial charge in [0.1, 0.15) is 0 Å². The van der Waals surface area contributed by atoms with Crippen molar-refractivity contribution in [1.29, 1.82) is 0 Å². The third-order valence-electron chi connectivity index (χ3n) is 4.47. The van der Waals surface area contributed by atoms with Gasteiger partial charge in [0.15, 0.2) is 11.5 Å². The van der Waals surface area contributed by atoms with Crippen molar-refractivity contribution in [2.45, 2.75) is 33.1 Å². The molecule has 1 saturated heterocycles. The maximum atomic E-state index is 12.4. The molecule has 1 aliphatic heterocycles. The molecule has 1 aromatic rings. The van der Waals surface area contributed by atoms with Crippen LogP contribution in [0.4, 0.5) is 0 Å². The minimum absolute atomic E-state index is 0.183. The van der Waals surface area contributed by atoms with Crippen LogP contribution in [-0.2, 0) is 0 Å². The first-order valence-electron chi connectivity index (χ1n) is 6.83. The van der Waals surface area contributed by atoms with Gasteiger partial charge in [-0.3, -0.25) is 4.79 Å². The topological polar surface area (TPSA) is 60.8 Å². The summed E-state index contributed by atoms with van der Waals surface area (Å²) in [5, 5.41) is 19.2. The predicted octanol–water partition coefficient (Wildman–Crippen LogP) is 2.75. The molecule has 19 heavy (non-hydrogen) atoms. The first-order chi connectivity index (χ1) is 9.03. The van der Waals surface area contributed by atoms with Crippen molar-refractivity contribution in [3.63, 3.8) is 0 Å². The Kier molecular flexibility index (Phi) is 3.69. The highest BCUT2D eigenvalue weighted by Gasteiger charge is 2.37. The molecule has 1 amide bonds. The van der Waals surface area contributed by atoms with Gasteiger partial charge in [-0.2, -0.15) is 0 Å². The average Bonchev–Trinajstić information content (AvgIpc) is 2.86. The number of hydrogen-bond acceptors (Lipinski definition) is 3. The Morgan fingerprint density at radius 1 is 1.32 bits per heavy atom. The maximum absolute atomic E-state index is 12.4. The number of likely N-dealkylation sites (tertiary alicyclic amines) is 1. The summed E-state index contributed by atoms with van der Waals surface area (Å²) in [6.07, 6.45) is 3.12. The van der Waals surface area contributed by atoms with Crippen LogP contribution in [0.1, 0.15) is 43.5 Å². The number of benzene rings is 1. The van der Waals surface area contributed by atoms with E-state index in [-0.39, 0.29) is 28.4 Å². The van der Waals surface area contributed by atoms with Gasteiger partial charge >= 0.3 is 0 Å².